The molecule has 0 saturated carbocycles. The highest BCUT2D eigenvalue weighted by Gasteiger charge is 2.32. The third kappa shape index (κ3) is 2.03. The zero-order valence-corrected chi connectivity index (χ0v) is 9.74. The summed E-state index contributed by atoms with van der Waals surface area (Å²) in [5.74, 6) is 0.537. The minimum atomic E-state index is 0.392. The second kappa shape index (κ2) is 4.52. The smallest absolute Gasteiger partial charge is 0.0453 e. The summed E-state index contributed by atoms with van der Waals surface area (Å²) in [4.78, 5) is 2.35. The van der Waals surface area contributed by atoms with Crippen LogP contribution in [-0.2, 0) is 0 Å². The molecule has 0 aromatic heterocycles. The molecule has 0 spiro atoms. The number of likely N-dealkylation sites (tertiary alicyclic amines) is 1. The van der Waals surface area contributed by atoms with Gasteiger partial charge in [-0.05, 0) is 44.1 Å². The molecule has 0 aliphatic carbocycles. The van der Waals surface area contributed by atoms with Gasteiger partial charge in [0.15, 0.2) is 0 Å². The number of benzene rings is 1. The fourth-order valence-electron chi connectivity index (χ4n) is 2.48. The van der Waals surface area contributed by atoms with Gasteiger partial charge in [-0.1, -0.05) is 29.8 Å². The van der Waals surface area contributed by atoms with Gasteiger partial charge in [0.05, 0.1) is 0 Å². The Morgan fingerprint density at radius 3 is 2.87 bits per heavy atom. The van der Waals surface area contributed by atoms with Crippen LogP contribution < -0.4 is 5.73 Å². The molecule has 2 rings (SSSR count). The second-order valence-corrected chi connectivity index (χ2v) is 4.64. The zero-order valence-electron chi connectivity index (χ0n) is 8.99. The molecule has 1 aliphatic rings. The molecule has 1 aliphatic heterocycles. The Labute approximate surface area is 96.0 Å². The predicted octanol–water partition coefficient (Wildman–Crippen LogP) is 2.29. The van der Waals surface area contributed by atoms with Crippen LogP contribution in [0.25, 0.3) is 0 Å². The summed E-state index contributed by atoms with van der Waals surface area (Å²) in [6, 6.07) is 8.47. The van der Waals surface area contributed by atoms with Gasteiger partial charge in [-0.2, -0.15) is 0 Å². The second-order valence-electron chi connectivity index (χ2n) is 4.23. The van der Waals surface area contributed by atoms with Crippen LogP contribution in [0.4, 0.5) is 0 Å². The van der Waals surface area contributed by atoms with Crippen LogP contribution in [0.15, 0.2) is 24.3 Å². The molecule has 0 amide bonds. The highest BCUT2D eigenvalue weighted by Crippen LogP contribution is 2.38. The van der Waals surface area contributed by atoms with E-state index in [9.17, 15) is 0 Å². The molecule has 2 N–H and O–H groups in total. The first-order chi connectivity index (χ1) is 7.24. The molecule has 3 heteroatoms. The average Bonchev–Trinajstić information content (AvgIpc) is 2.60. The van der Waals surface area contributed by atoms with Gasteiger partial charge in [-0.25, -0.2) is 0 Å². The normalized spacial score (nSPS) is 27.1. The minimum absolute atomic E-state index is 0.392. The lowest BCUT2D eigenvalue weighted by Crippen LogP contribution is -2.25. The van der Waals surface area contributed by atoms with Crippen molar-refractivity contribution in [3.63, 3.8) is 0 Å². The average molecular weight is 225 g/mol. The highest BCUT2D eigenvalue weighted by atomic mass is 35.5. The van der Waals surface area contributed by atoms with E-state index in [-0.39, 0.29) is 0 Å². The molecule has 1 aromatic rings. The Kier molecular flexibility index (Phi) is 3.29. The van der Waals surface area contributed by atoms with Gasteiger partial charge >= 0.3 is 0 Å². The molecule has 15 heavy (non-hydrogen) atoms. The number of rotatable bonds is 2. The van der Waals surface area contributed by atoms with E-state index in [0.29, 0.717) is 12.0 Å². The van der Waals surface area contributed by atoms with Gasteiger partial charge in [-0.15, -0.1) is 0 Å². The lowest BCUT2D eigenvalue weighted by Gasteiger charge is -2.25. The fourth-order valence-corrected chi connectivity index (χ4v) is 2.73. The van der Waals surface area contributed by atoms with Crippen molar-refractivity contribution in [1.29, 1.82) is 0 Å². The molecule has 82 valence electrons. The first-order valence-electron chi connectivity index (χ1n) is 5.38. The third-order valence-corrected chi connectivity index (χ3v) is 3.64. The van der Waals surface area contributed by atoms with E-state index in [1.807, 2.05) is 18.2 Å². The Morgan fingerprint density at radius 1 is 1.47 bits per heavy atom. The van der Waals surface area contributed by atoms with E-state index in [2.05, 4.69) is 18.0 Å². The number of halogens is 1. The van der Waals surface area contributed by atoms with E-state index in [1.165, 1.54) is 12.0 Å². The Hall–Kier alpha value is -0.570. The van der Waals surface area contributed by atoms with Gasteiger partial charge in [0.25, 0.3) is 0 Å². The molecule has 2 nitrogen and oxygen atoms in total. The van der Waals surface area contributed by atoms with Crippen LogP contribution in [0, 0.1) is 5.92 Å². The fraction of sp³-hybridized carbons (Fsp3) is 0.500. The van der Waals surface area contributed by atoms with Crippen LogP contribution in [0.1, 0.15) is 18.0 Å². The van der Waals surface area contributed by atoms with Gasteiger partial charge in [-0.3, -0.25) is 4.90 Å². The summed E-state index contributed by atoms with van der Waals surface area (Å²) < 4.78 is 0. The lowest BCUT2D eigenvalue weighted by molar-refractivity contribution is 0.279. The van der Waals surface area contributed by atoms with Crippen LogP contribution in [0.2, 0.25) is 5.02 Å². The highest BCUT2D eigenvalue weighted by molar-refractivity contribution is 6.31. The SMILES string of the molecule is CN1CCC(CN)C1c1ccccc1Cl. The molecule has 0 bridgehead atoms. The number of nitrogens with two attached hydrogens (primary N) is 1. The number of nitrogens with zero attached hydrogens (tertiary/aromatic N) is 1. The first-order valence-corrected chi connectivity index (χ1v) is 5.76. The maximum Gasteiger partial charge on any atom is 0.0453 e. The Bertz CT molecular complexity index is 340. The van der Waals surface area contributed by atoms with Crippen molar-refractivity contribution >= 4 is 11.6 Å². The molecule has 1 fully saturated rings. The molecule has 1 saturated heterocycles. The monoisotopic (exact) mass is 224 g/mol. The van der Waals surface area contributed by atoms with E-state index >= 15 is 0 Å². The molecule has 0 radical (unpaired) electrons. The largest absolute Gasteiger partial charge is 0.330 e. The number of hydrogen-bond acceptors (Lipinski definition) is 2. The van der Waals surface area contributed by atoms with Crippen molar-refractivity contribution in [1.82, 2.24) is 4.90 Å². The lowest BCUT2D eigenvalue weighted by atomic mass is 9.94. The van der Waals surface area contributed by atoms with E-state index in [1.54, 1.807) is 0 Å². The molecular formula is C12H17ClN2. The summed E-state index contributed by atoms with van der Waals surface area (Å²) in [5.41, 5.74) is 7.02. The molecular weight excluding hydrogens is 208 g/mol. The maximum absolute atomic E-state index is 6.22. The third-order valence-electron chi connectivity index (χ3n) is 3.30. The summed E-state index contributed by atoms with van der Waals surface area (Å²) >= 11 is 6.22. The summed E-state index contributed by atoms with van der Waals surface area (Å²) in [5, 5.41) is 0.856. The molecule has 1 heterocycles. The zero-order chi connectivity index (χ0) is 10.8. The van der Waals surface area contributed by atoms with E-state index in [4.69, 9.17) is 17.3 Å². The summed E-state index contributed by atoms with van der Waals surface area (Å²) in [6.07, 6.45) is 1.17. The maximum atomic E-state index is 6.22. The van der Waals surface area contributed by atoms with Gasteiger partial charge < -0.3 is 5.73 Å². The van der Waals surface area contributed by atoms with Crippen molar-refractivity contribution in [2.75, 3.05) is 20.1 Å². The Morgan fingerprint density at radius 2 is 2.20 bits per heavy atom. The predicted molar refractivity (Wildman–Crippen MR) is 64.0 cm³/mol. The topological polar surface area (TPSA) is 29.3 Å². The van der Waals surface area contributed by atoms with Gasteiger partial charge in [0.2, 0.25) is 0 Å². The van der Waals surface area contributed by atoms with Crippen molar-refractivity contribution in [3.05, 3.63) is 34.9 Å². The van der Waals surface area contributed by atoms with Crippen LogP contribution in [0.5, 0.6) is 0 Å². The van der Waals surface area contributed by atoms with Crippen molar-refractivity contribution in [3.8, 4) is 0 Å². The van der Waals surface area contributed by atoms with Crippen LogP contribution in [0.3, 0.4) is 0 Å². The minimum Gasteiger partial charge on any atom is -0.330 e. The molecule has 1 aromatic carbocycles. The number of hydrogen-bond donors (Lipinski definition) is 1. The van der Waals surface area contributed by atoms with Gasteiger partial charge in [0, 0.05) is 11.1 Å². The Balaban J connectivity index is 2.32. The van der Waals surface area contributed by atoms with Crippen molar-refractivity contribution in [2.45, 2.75) is 12.5 Å². The molecule has 2 unspecified atom stereocenters. The van der Waals surface area contributed by atoms with Gasteiger partial charge in [0.1, 0.15) is 0 Å². The van der Waals surface area contributed by atoms with E-state index < -0.39 is 0 Å². The standard InChI is InChI=1S/C12H17ClN2/c1-15-7-6-9(8-14)12(15)10-4-2-3-5-11(10)13/h2-5,9,12H,6-8,14H2,1H3. The van der Waals surface area contributed by atoms with Crippen LogP contribution >= 0.6 is 11.6 Å². The molecule has 2 atom stereocenters. The van der Waals surface area contributed by atoms with E-state index in [0.717, 1.165) is 18.1 Å². The summed E-state index contributed by atoms with van der Waals surface area (Å²) in [6.45, 7) is 1.85. The van der Waals surface area contributed by atoms with Crippen LogP contribution in [-0.4, -0.2) is 25.0 Å². The summed E-state index contributed by atoms with van der Waals surface area (Å²) in [7, 11) is 2.14. The van der Waals surface area contributed by atoms with Crippen molar-refractivity contribution in [2.24, 2.45) is 11.7 Å². The van der Waals surface area contributed by atoms with Crippen molar-refractivity contribution < 1.29 is 0 Å². The first kappa shape index (κ1) is 10.9. The quantitative estimate of drug-likeness (QED) is 0.836.